The van der Waals surface area contributed by atoms with E-state index in [1.54, 1.807) is 21.3 Å². The molecule has 2 aromatic rings. The van der Waals surface area contributed by atoms with Gasteiger partial charge in [0, 0.05) is 6.07 Å². The summed E-state index contributed by atoms with van der Waals surface area (Å²) in [5.41, 5.74) is 4.65. The smallest absolute Gasteiger partial charge is 0.123 e. The van der Waals surface area contributed by atoms with E-state index >= 15 is 0 Å². The third kappa shape index (κ3) is 3.94. The number of rotatable bonds is 6. The molecule has 0 radical (unpaired) electrons. The number of methoxy groups -OCH3 is 3. The van der Waals surface area contributed by atoms with Crippen LogP contribution in [0, 0.1) is 0 Å². The normalized spacial score (nSPS) is 13.6. The Hall–Kier alpha value is -2.94. The number of allylic oxidation sites excluding steroid dienone is 5. The Morgan fingerprint density at radius 3 is 2.00 bits per heavy atom. The SMILES string of the molecule is COc1ccc(/C(=C/c2cc(OC)cc(OC)c2)C2=CC=CC2)cc1. The monoisotopic (exact) mass is 334 g/mol. The van der Waals surface area contributed by atoms with E-state index in [2.05, 4.69) is 36.4 Å². The van der Waals surface area contributed by atoms with Gasteiger partial charge in [0.1, 0.15) is 17.2 Å². The zero-order chi connectivity index (χ0) is 17.6. The van der Waals surface area contributed by atoms with Gasteiger partial charge in [0.25, 0.3) is 0 Å². The van der Waals surface area contributed by atoms with Crippen molar-refractivity contribution in [2.45, 2.75) is 6.42 Å². The van der Waals surface area contributed by atoms with Crippen molar-refractivity contribution < 1.29 is 14.2 Å². The summed E-state index contributed by atoms with van der Waals surface area (Å²) in [7, 11) is 5.00. The molecule has 0 fully saturated rings. The molecule has 0 amide bonds. The molecule has 3 rings (SSSR count). The molecule has 0 spiro atoms. The molecule has 0 aromatic heterocycles. The number of hydrogen-bond acceptors (Lipinski definition) is 3. The summed E-state index contributed by atoms with van der Waals surface area (Å²) in [4.78, 5) is 0. The summed E-state index contributed by atoms with van der Waals surface area (Å²) in [6.45, 7) is 0. The molecule has 0 saturated heterocycles. The third-order valence-electron chi connectivity index (χ3n) is 4.20. The highest BCUT2D eigenvalue weighted by Crippen LogP contribution is 2.33. The van der Waals surface area contributed by atoms with Crippen LogP contribution >= 0.6 is 0 Å². The summed E-state index contributed by atoms with van der Waals surface area (Å²) in [6, 6.07) is 14.0. The van der Waals surface area contributed by atoms with Crippen LogP contribution < -0.4 is 14.2 Å². The maximum Gasteiger partial charge on any atom is 0.123 e. The molecule has 0 unspecified atom stereocenters. The standard InChI is InChI=1S/C22H22O3/c1-23-19-10-8-18(9-11-19)22(17-6-4-5-7-17)14-16-12-20(24-2)15-21(13-16)25-3/h4-6,8-15H,7H2,1-3H3/b22-14+. The lowest BCUT2D eigenvalue weighted by atomic mass is 9.94. The van der Waals surface area contributed by atoms with Crippen molar-refractivity contribution in [2.75, 3.05) is 21.3 Å². The molecule has 1 aliphatic rings. The number of ether oxygens (including phenoxy) is 3. The molecule has 128 valence electrons. The highest BCUT2D eigenvalue weighted by atomic mass is 16.5. The van der Waals surface area contributed by atoms with Crippen LogP contribution in [-0.2, 0) is 0 Å². The van der Waals surface area contributed by atoms with E-state index in [4.69, 9.17) is 14.2 Å². The van der Waals surface area contributed by atoms with E-state index in [1.165, 1.54) is 11.1 Å². The highest BCUT2D eigenvalue weighted by molar-refractivity contribution is 5.92. The molecular formula is C22H22O3. The van der Waals surface area contributed by atoms with Gasteiger partial charge in [-0.15, -0.1) is 0 Å². The van der Waals surface area contributed by atoms with Gasteiger partial charge in [-0.2, -0.15) is 0 Å². The largest absolute Gasteiger partial charge is 0.497 e. The van der Waals surface area contributed by atoms with Gasteiger partial charge in [0.2, 0.25) is 0 Å². The first-order valence-electron chi connectivity index (χ1n) is 8.19. The second kappa shape index (κ2) is 7.75. The van der Waals surface area contributed by atoms with Crippen molar-refractivity contribution in [2.24, 2.45) is 0 Å². The topological polar surface area (TPSA) is 27.7 Å². The fourth-order valence-electron chi connectivity index (χ4n) is 2.86. The zero-order valence-electron chi connectivity index (χ0n) is 14.8. The Kier molecular flexibility index (Phi) is 5.24. The van der Waals surface area contributed by atoms with Crippen LogP contribution in [0.15, 0.2) is 66.3 Å². The minimum Gasteiger partial charge on any atom is -0.497 e. The molecule has 0 atom stereocenters. The first kappa shape index (κ1) is 16.9. The number of hydrogen-bond donors (Lipinski definition) is 0. The molecule has 3 nitrogen and oxygen atoms in total. The van der Waals surface area contributed by atoms with Gasteiger partial charge in [-0.25, -0.2) is 0 Å². The molecule has 0 aliphatic heterocycles. The van der Waals surface area contributed by atoms with Crippen molar-refractivity contribution in [3.05, 3.63) is 77.4 Å². The minimum atomic E-state index is 0.776. The van der Waals surface area contributed by atoms with E-state index in [-0.39, 0.29) is 0 Å². The molecule has 2 aromatic carbocycles. The van der Waals surface area contributed by atoms with Crippen molar-refractivity contribution in [3.63, 3.8) is 0 Å². The second-order valence-electron chi connectivity index (χ2n) is 5.76. The summed E-state index contributed by atoms with van der Waals surface area (Å²) in [6.07, 6.45) is 9.52. The summed E-state index contributed by atoms with van der Waals surface area (Å²) >= 11 is 0. The number of benzene rings is 2. The predicted octanol–water partition coefficient (Wildman–Crippen LogP) is 5.14. The molecule has 0 saturated carbocycles. The summed E-state index contributed by atoms with van der Waals surface area (Å²) in [5, 5.41) is 0. The van der Waals surface area contributed by atoms with Gasteiger partial charge in [-0.1, -0.05) is 30.4 Å². The van der Waals surface area contributed by atoms with Crippen LogP contribution in [0.3, 0.4) is 0 Å². The van der Waals surface area contributed by atoms with Crippen molar-refractivity contribution in [1.82, 2.24) is 0 Å². The zero-order valence-corrected chi connectivity index (χ0v) is 14.8. The molecule has 25 heavy (non-hydrogen) atoms. The van der Waals surface area contributed by atoms with Gasteiger partial charge in [0.15, 0.2) is 0 Å². The van der Waals surface area contributed by atoms with Crippen LogP contribution in [0.4, 0.5) is 0 Å². The maximum absolute atomic E-state index is 5.39. The first-order chi connectivity index (χ1) is 12.2. The molecule has 1 aliphatic carbocycles. The van der Waals surface area contributed by atoms with Crippen LogP contribution in [0.25, 0.3) is 11.6 Å². The first-order valence-corrected chi connectivity index (χ1v) is 8.19. The highest BCUT2D eigenvalue weighted by Gasteiger charge is 2.11. The maximum atomic E-state index is 5.39. The Bertz CT molecular complexity index is 805. The molecule has 0 heterocycles. The van der Waals surface area contributed by atoms with Crippen molar-refractivity contribution in [3.8, 4) is 17.2 Å². The van der Waals surface area contributed by atoms with Crippen molar-refractivity contribution >= 4 is 11.6 Å². The van der Waals surface area contributed by atoms with Gasteiger partial charge in [-0.05, 0) is 59.0 Å². The molecule has 0 bridgehead atoms. The average Bonchev–Trinajstić information content (AvgIpc) is 3.20. The third-order valence-corrected chi connectivity index (χ3v) is 4.20. The van der Waals surface area contributed by atoms with Gasteiger partial charge in [-0.3, -0.25) is 0 Å². The lowest BCUT2D eigenvalue weighted by Crippen LogP contribution is -1.92. The molecule has 3 heteroatoms. The van der Waals surface area contributed by atoms with E-state index in [9.17, 15) is 0 Å². The quantitative estimate of drug-likeness (QED) is 0.685. The van der Waals surface area contributed by atoms with Crippen molar-refractivity contribution in [1.29, 1.82) is 0 Å². The van der Waals surface area contributed by atoms with Crippen LogP contribution in [0.2, 0.25) is 0 Å². The lowest BCUT2D eigenvalue weighted by Gasteiger charge is -2.12. The van der Waals surface area contributed by atoms with Gasteiger partial charge in [0.05, 0.1) is 21.3 Å². The van der Waals surface area contributed by atoms with Crippen LogP contribution in [0.5, 0.6) is 17.2 Å². The Balaban J connectivity index is 2.06. The Labute approximate surface area is 148 Å². The fourth-order valence-corrected chi connectivity index (χ4v) is 2.86. The average molecular weight is 334 g/mol. The Morgan fingerprint density at radius 1 is 0.840 bits per heavy atom. The van der Waals surface area contributed by atoms with E-state index in [0.717, 1.165) is 34.8 Å². The van der Waals surface area contributed by atoms with Gasteiger partial charge < -0.3 is 14.2 Å². The van der Waals surface area contributed by atoms with Gasteiger partial charge >= 0.3 is 0 Å². The predicted molar refractivity (Wildman–Crippen MR) is 102 cm³/mol. The molecular weight excluding hydrogens is 312 g/mol. The minimum absolute atomic E-state index is 0.776. The second-order valence-corrected chi connectivity index (χ2v) is 5.76. The fraction of sp³-hybridized carbons (Fsp3) is 0.182. The Morgan fingerprint density at radius 2 is 1.48 bits per heavy atom. The van der Waals surface area contributed by atoms with E-state index in [0.29, 0.717) is 0 Å². The van der Waals surface area contributed by atoms with Crippen LogP contribution in [-0.4, -0.2) is 21.3 Å². The van der Waals surface area contributed by atoms with E-state index < -0.39 is 0 Å². The molecule has 0 N–H and O–H groups in total. The summed E-state index contributed by atoms with van der Waals surface area (Å²) < 4.78 is 16.0. The lowest BCUT2D eigenvalue weighted by molar-refractivity contribution is 0.394. The van der Waals surface area contributed by atoms with E-state index in [1.807, 2.05) is 30.3 Å². The summed E-state index contributed by atoms with van der Waals surface area (Å²) in [5.74, 6) is 2.40. The van der Waals surface area contributed by atoms with Crippen LogP contribution in [0.1, 0.15) is 17.5 Å².